The van der Waals surface area contributed by atoms with Crippen molar-refractivity contribution >= 4 is 35.8 Å². The summed E-state index contributed by atoms with van der Waals surface area (Å²) in [6, 6.07) is 5.45. The number of carbonyl (C=O) groups excluding carboxylic acids is 1. The van der Waals surface area contributed by atoms with Gasteiger partial charge in [0.1, 0.15) is 12.2 Å². The summed E-state index contributed by atoms with van der Waals surface area (Å²) in [4.78, 5) is 24.2. The number of carbonyl (C=O) groups is 1. The summed E-state index contributed by atoms with van der Waals surface area (Å²) in [7, 11) is 0. The van der Waals surface area contributed by atoms with E-state index >= 15 is 0 Å². The minimum atomic E-state index is -4.53. The van der Waals surface area contributed by atoms with E-state index in [2.05, 4.69) is 15.3 Å². The summed E-state index contributed by atoms with van der Waals surface area (Å²) in [6.45, 7) is 4.80. The molecule has 0 radical (unpaired) electrons. The van der Waals surface area contributed by atoms with Crippen LogP contribution in [0.15, 0.2) is 46.1 Å². The molecule has 0 spiro atoms. The Hall–Kier alpha value is -2.51. The van der Waals surface area contributed by atoms with Crippen LogP contribution in [-0.4, -0.2) is 72.5 Å². The van der Waals surface area contributed by atoms with Gasteiger partial charge in [0.05, 0.1) is 12.8 Å². The van der Waals surface area contributed by atoms with E-state index in [1.54, 1.807) is 17.0 Å². The molecule has 176 valence electrons. The molecule has 2 aromatic heterocycles. The van der Waals surface area contributed by atoms with Crippen molar-refractivity contribution in [2.75, 3.05) is 45.9 Å². The summed E-state index contributed by atoms with van der Waals surface area (Å²) < 4.78 is 49.4. The molecular formula is C20H25F3IN5O3. The molecule has 2 aromatic rings. The van der Waals surface area contributed by atoms with Gasteiger partial charge in [-0.1, -0.05) is 0 Å². The lowest BCUT2D eigenvalue weighted by Crippen LogP contribution is -2.53. The number of guanidine groups is 1. The zero-order valence-corrected chi connectivity index (χ0v) is 19.8. The highest BCUT2D eigenvalue weighted by Crippen LogP contribution is 2.34. The third kappa shape index (κ3) is 6.74. The summed E-state index contributed by atoms with van der Waals surface area (Å²) >= 11 is 0. The van der Waals surface area contributed by atoms with Crippen molar-refractivity contribution in [1.82, 2.24) is 20.1 Å². The van der Waals surface area contributed by atoms with Gasteiger partial charge in [0.25, 0.3) is 5.91 Å². The maximum atomic E-state index is 13.0. The first-order valence-corrected chi connectivity index (χ1v) is 9.91. The van der Waals surface area contributed by atoms with Gasteiger partial charge >= 0.3 is 6.18 Å². The van der Waals surface area contributed by atoms with Crippen molar-refractivity contribution in [1.29, 1.82) is 0 Å². The quantitative estimate of drug-likeness (QED) is 0.250. The zero-order valence-electron chi connectivity index (χ0n) is 17.5. The number of piperazine rings is 1. The molecule has 32 heavy (non-hydrogen) atoms. The van der Waals surface area contributed by atoms with Gasteiger partial charge in [-0.3, -0.25) is 4.79 Å². The first-order valence-electron chi connectivity index (χ1n) is 9.91. The van der Waals surface area contributed by atoms with E-state index in [0.717, 1.165) is 6.07 Å². The predicted molar refractivity (Wildman–Crippen MR) is 122 cm³/mol. The number of hydrogen-bond acceptors (Lipinski definition) is 5. The molecule has 3 heterocycles. The van der Waals surface area contributed by atoms with Crippen LogP contribution in [0, 0.1) is 0 Å². The Morgan fingerprint density at radius 1 is 1.22 bits per heavy atom. The van der Waals surface area contributed by atoms with Crippen molar-refractivity contribution in [3.8, 4) is 5.88 Å². The van der Waals surface area contributed by atoms with Gasteiger partial charge in [0, 0.05) is 38.9 Å². The second kappa shape index (κ2) is 11.9. The first kappa shape index (κ1) is 25.7. The third-order valence-electron chi connectivity index (χ3n) is 4.60. The van der Waals surface area contributed by atoms with E-state index in [1.165, 1.54) is 18.5 Å². The normalized spacial score (nSPS) is 14.7. The van der Waals surface area contributed by atoms with Crippen molar-refractivity contribution in [2.45, 2.75) is 13.1 Å². The molecule has 1 aliphatic heterocycles. The number of pyridine rings is 1. The number of nitrogens with one attached hydrogen (secondary N) is 1. The summed E-state index contributed by atoms with van der Waals surface area (Å²) in [5.41, 5.74) is -0.914. The summed E-state index contributed by atoms with van der Waals surface area (Å²) in [5, 5.41) is 3.16. The highest BCUT2D eigenvalue weighted by Gasteiger charge is 2.35. The fourth-order valence-electron chi connectivity index (χ4n) is 3.12. The second-order valence-electron chi connectivity index (χ2n) is 6.69. The van der Waals surface area contributed by atoms with Crippen molar-refractivity contribution in [3.63, 3.8) is 0 Å². The number of aromatic nitrogens is 1. The predicted octanol–water partition coefficient (Wildman–Crippen LogP) is 3.11. The van der Waals surface area contributed by atoms with Gasteiger partial charge in [-0.25, -0.2) is 9.98 Å². The fourth-order valence-corrected chi connectivity index (χ4v) is 3.12. The van der Waals surface area contributed by atoms with E-state index < -0.39 is 17.6 Å². The van der Waals surface area contributed by atoms with E-state index in [0.29, 0.717) is 44.4 Å². The van der Waals surface area contributed by atoms with Crippen LogP contribution in [0.25, 0.3) is 0 Å². The lowest BCUT2D eigenvalue weighted by atomic mass is 10.2. The Bertz CT molecular complexity index is 885. The highest BCUT2D eigenvalue weighted by molar-refractivity contribution is 14.0. The van der Waals surface area contributed by atoms with E-state index in [4.69, 9.17) is 9.15 Å². The van der Waals surface area contributed by atoms with Crippen LogP contribution >= 0.6 is 24.0 Å². The Morgan fingerprint density at radius 3 is 2.56 bits per heavy atom. The van der Waals surface area contributed by atoms with Gasteiger partial charge in [-0.2, -0.15) is 13.2 Å². The molecule has 0 bridgehead atoms. The summed E-state index contributed by atoms with van der Waals surface area (Å²) in [6.07, 6.45) is -1.82. The Morgan fingerprint density at radius 2 is 1.94 bits per heavy atom. The number of rotatable bonds is 6. The fraction of sp³-hybridized carbons (Fsp3) is 0.450. The molecular weight excluding hydrogens is 542 g/mol. The molecule has 3 rings (SSSR count). The Kier molecular flexibility index (Phi) is 9.60. The average molecular weight is 567 g/mol. The van der Waals surface area contributed by atoms with Crippen molar-refractivity contribution in [3.05, 3.63) is 48.0 Å². The van der Waals surface area contributed by atoms with Crippen molar-refractivity contribution in [2.24, 2.45) is 4.99 Å². The SMILES string of the molecule is CCNC(=NCCOc1ncccc1C(F)(F)F)N1CCN(C(=O)c2ccco2)CC1.I. The molecule has 0 aliphatic carbocycles. The first-order chi connectivity index (χ1) is 14.9. The van der Waals surface area contributed by atoms with Gasteiger partial charge < -0.3 is 24.3 Å². The van der Waals surface area contributed by atoms with Gasteiger partial charge in [0.2, 0.25) is 5.88 Å². The number of amides is 1. The minimum Gasteiger partial charge on any atom is -0.475 e. The van der Waals surface area contributed by atoms with E-state index in [9.17, 15) is 18.0 Å². The number of furan rings is 1. The molecule has 1 aliphatic rings. The lowest BCUT2D eigenvalue weighted by Gasteiger charge is -2.36. The van der Waals surface area contributed by atoms with E-state index in [-0.39, 0.29) is 43.0 Å². The average Bonchev–Trinajstić information content (AvgIpc) is 3.30. The highest BCUT2D eigenvalue weighted by atomic mass is 127. The van der Waals surface area contributed by atoms with Crippen LogP contribution in [0.1, 0.15) is 23.0 Å². The number of hydrogen-bond donors (Lipinski definition) is 1. The van der Waals surface area contributed by atoms with Crippen LogP contribution in [-0.2, 0) is 6.18 Å². The molecule has 1 amide bonds. The van der Waals surface area contributed by atoms with Gasteiger partial charge in [-0.15, -0.1) is 24.0 Å². The molecule has 1 saturated heterocycles. The number of nitrogens with zero attached hydrogens (tertiary/aromatic N) is 4. The smallest absolute Gasteiger partial charge is 0.421 e. The monoisotopic (exact) mass is 567 g/mol. The van der Waals surface area contributed by atoms with Crippen LogP contribution in [0.3, 0.4) is 0 Å². The number of alkyl halides is 3. The van der Waals surface area contributed by atoms with Crippen LogP contribution in [0.2, 0.25) is 0 Å². The molecule has 1 fully saturated rings. The standard InChI is InChI=1S/C20H24F3N5O3.HI/c1-2-24-19(26-8-14-31-17-15(20(21,22)23)5-3-7-25-17)28-11-9-27(10-12-28)18(29)16-6-4-13-30-16;/h3-7,13H,2,8-12,14H2,1H3,(H,24,26);1H. The van der Waals surface area contributed by atoms with Gasteiger partial charge in [0.15, 0.2) is 11.7 Å². The molecule has 0 unspecified atom stereocenters. The molecule has 0 atom stereocenters. The third-order valence-corrected chi connectivity index (χ3v) is 4.60. The number of halogens is 4. The van der Waals surface area contributed by atoms with Crippen molar-refractivity contribution < 1.29 is 27.1 Å². The molecule has 0 saturated carbocycles. The zero-order chi connectivity index (χ0) is 22.3. The molecule has 0 aromatic carbocycles. The lowest BCUT2D eigenvalue weighted by molar-refractivity contribution is -0.139. The largest absolute Gasteiger partial charge is 0.475 e. The maximum absolute atomic E-state index is 13.0. The topological polar surface area (TPSA) is 83.2 Å². The minimum absolute atomic E-state index is 0. The molecule has 8 nitrogen and oxygen atoms in total. The number of aliphatic imine (C=N–C) groups is 1. The maximum Gasteiger partial charge on any atom is 0.421 e. The second-order valence-corrected chi connectivity index (χ2v) is 6.69. The number of ether oxygens (including phenoxy) is 1. The molecule has 12 heteroatoms. The van der Waals surface area contributed by atoms with Crippen LogP contribution in [0.5, 0.6) is 5.88 Å². The van der Waals surface area contributed by atoms with Gasteiger partial charge in [-0.05, 0) is 31.2 Å². The van der Waals surface area contributed by atoms with Crippen LogP contribution in [0.4, 0.5) is 13.2 Å². The Balaban J connectivity index is 0.00000363. The Labute approximate surface area is 200 Å². The summed E-state index contributed by atoms with van der Waals surface area (Å²) in [5.74, 6) is 0.309. The van der Waals surface area contributed by atoms with Crippen LogP contribution < -0.4 is 10.1 Å². The molecule has 1 N–H and O–H groups in total. The van der Waals surface area contributed by atoms with E-state index in [1.807, 2.05) is 11.8 Å².